The molecule has 2 aromatic rings. The fourth-order valence-corrected chi connectivity index (χ4v) is 5.98. The van der Waals surface area contributed by atoms with Gasteiger partial charge in [-0.2, -0.15) is 0 Å². The molecule has 0 spiro atoms. The van der Waals surface area contributed by atoms with E-state index in [0.717, 1.165) is 28.2 Å². The topological polar surface area (TPSA) is 114 Å². The highest BCUT2D eigenvalue weighted by molar-refractivity contribution is 8.00. The van der Waals surface area contributed by atoms with Crippen LogP contribution in [0, 0.1) is 5.92 Å². The summed E-state index contributed by atoms with van der Waals surface area (Å²) in [7, 11) is 0. The van der Waals surface area contributed by atoms with Crippen molar-refractivity contribution >= 4 is 57.7 Å². The number of nitrogens with zero attached hydrogens (tertiary/aromatic N) is 1. The van der Waals surface area contributed by atoms with Gasteiger partial charge >= 0.3 is 12.1 Å². The molecule has 204 valence electrons. The summed E-state index contributed by atoms with van der Waals surface area (Å²) >= 11 is 2.62. The molecule has 11 heteroatoms. The van der Waals surface area contributed by atoms with Crippen LogP contribution in [0.3, 0.4) is 0 Å². The minimum atomic E-state index is -0.609. The molecule has 0 unspecified atom stereocenters. The number of hydrogen-bond donors (Lipinski definition) is 2. The van der Waals surface area contributed by atoms with E-state index in [1.54, 1.807) is 11.8 Å². The first-order valence-corrected chi connectivity index (χ1v) is 14.5. The number of nitrogens with one attached hydrogen (secondary N) is 2. The van der Waals surface area contributed by atoms with Crippen LogP contribution in [-0.4, -0.2) is 53.3 Å². The van der Waals surface area contributed by atoms with E-state index >= 15 is 0 Å². The zero-order valence-corrected chi connectivity index (χ0v) is 23.7. The minimum absolute atomic E-state index is 0.0308. The van der Waals surface area contributed by atoms with Crippen molar-refractivity contribution < 1.29 is 28.7 Å². The molecule has 1 aromatic carbocycles. The Morgan fingerprint density at radius 3 is 2.61 bits per heavy atom. The van der Waals surface area contributed by atoms with Crippen molar-refractivity contribution in [2.45, 2.75) is 64.0 Å². The van der Waals surface area contributed by atoms with Crippen molar-refractivity contribution in [3.8, 4) is 0 Å². The lowest BCUT2D eigenvalue weighted by Gasteiger charge is -2.30. The number of rotatable bonds is 8. The molecule has 3 amide bonds. The van der Waals surface area contributed by atoms with Crippen molar-refractivity contribution in [1.82, 2.24) is 4.90 Å². The fraction of sp³-hybridized carbons (Fsp3) is 0.481. The third-order valence-electron chi connectivity index (χ3n) is 5.86. The van der Waals surface area contributed by atoms with Crippen molar-refractivity contribution in [2.24, 2.45) is 5.92 Å². The van der Waals surface area contributed by atoms with Crippen molar-refractivity contribution in [2.75, 3.05) is 29.5 Å². The first-order chi connectivity index (χ1) is 18.0. The molecular weight excluding hydrogens is 526 g/mol. The molecule has 0 atom stereocenters. The number of hydrogen-bond acceptors (Lipinski definition) is 8. The highest BCUT2D eigenvalue weighted by Crippen LogP contribution is 2.38. The summed E-state index contributed by atoms with van der Waals surface area (Å²) in [4.78, 5) is 53.6. The van der Waals surface area contributed by atoms with Gasteiger partial charge in [0.2, 0.25) is 11.8 Å². The van der Waals surface area contributed by atoms with E-state index in [2.05, 4.69) is 10.6 Å². The molecule has 1 fully saturated rings. The summed E-state index contributed by atoms with van der Waals surface area (Å²) in [5.41, 5.74) is 1.26. The molecule has 0 saturated heterocycles. The normalized spacial score (nSPS) is 14.9. The van der Waals surface area contributed by atoms with Gasteiger partial charge in [0.25, 0.3) is 0 Å². The Labute approximate surface area is 230 Å². The van der Waals surface area contributed by atoms with Crippen LogP contribution in [0.15, 0.2) is 29.2 Å². The Hall–Kier alpha value is -3.05. The van der Waals surface area contributed by atoms with Gasteiger partial charge in [-0.3, -0.25) is 9.59 Å². The maximum absolute atomic E-state index is 12.9. The Balaban J connectivity index is 1.43. The second-order valence-corrected chi connectivity index (χ2v) is 12.4. The fourth-order valence-electron chi connectivity index (χ4n) is 3.96. The van der Waals surface area contributed by atoms with E-state index in [1.807, 2.05) is 45.0 Å². The van der Waals surface area contributed by atoms with Crippen LogP contribution in [0.1, 0.15) is 61.3 Å². The lowest BCUT2D eigenvalue weighted by atomic mass is 10.0. The first-order valence-electron chi connectivity index (χ1n) is 12.7. The minimum Gasteiger partial charge on any atom is -0.462 e. The Bertz CT molecular complexity index is 1230. The highest BCUT2D eigenvalue weighted by Gasteiger charge is 2.33. The van der Waals surface area contributed by atoms with Gasteiger partial charge in [-0.15, -0.1) is 23.1 Å². The zero-order valence-electron chi connectivity index (χ0n) is 22.0. The maximum atomic E-state index is 12.9. The monoisotopic (exact) mass is 559 g/mol. The molecule has 2 N–H and O–H groups in total. The maximum Gasteiger partial charge on any atom is 0.410 e. The SMILES string of the molecule is CCOC(=O)c1c(NC(=O)CSc2cccc(NC(=O)C3CC3)c2)sc2c1CCN(C(=O)OC(C)(C)C)C2. The van der Waals surface area contributed by atoms with Crippen LogP contribution in [0.2, 0.25) is 0 Å². The van der Waals surface area contributed by atoms with Gasteiger partial charge in [0.15, 0.2) is 0 Å². The van der Waals surface area contributed by atoms with Crippen LogP contribution in [0.4, 0.5) is 15.5 Å². The van der Waals surface area contributed by atoms with E-state index in [-0.39, 0.29) is 30.1 Å². The number of thioether (sulfide) groups is 1. The molecule has 2 heterocycles. The van der Waals surface area contributed by atoms with Crippen LogP contribution in [-0.2, 0) is 32.0 Å². The second kappa shape index (κ2) is 11.8. The number of anilines is 2. The molecule has 1 saturated carbocycles. The highest BCUT2D eigenvalue weighted by atomic mass is 32.2. The molecule has 1 aliphatic heterocycles. The van der Waals surface area contributed by atoms with Gasteiger partial charge in [-0.05, 0) is 70.7 Å². The van der Waals surface area contributed by atoms with E-state index in [1.165, 1.54) is 23.1 Å². The molecule has 1 aliphatic carbocycles. The molecule has 4 rings (SSSR count). The summed E-state index contributed by atoms with van der Waals surface area (Å²) in [6.07, 6.45) is 1.91. The molecule has 38 heavy (non-hydrogen) atoms. The lowest BCUT2D eigenvalue weighted by Crippen LogP contribution is -2.39. The molecule has 0 bridgehead atoms. The molecule has 0 radical (unpaired) electrons. The summed E-state index contributed by atoms with van der Waals surface area (Å²) in [5, 5.41) is 6.23. The summed E-state index contributed by atoms with van der Waals surface area (Å²) in [6.45, 7) is 8.10. The third kappa shape index (κ3) is 7.28. The quantitative estimate of drug-likeness (QED) is 0.333. The Morgan fingerprint density at radius 1 is 1.16 bits per heavy atom. The number of thiophene rings is 1. The lowest BCUT2D eigenvalue weighted by molar-refractivity contribution is -0.117. The van der Waals surface area contributed by atoms with Crippen LogP contribution in [0.25, 0.3) is 0 Å². The average molecular weight is 560 g/mol. The number of carbonyl (C=O) groups excluding carboxylic acids is 4. The number of esters is 1. The van der Waals surface area contributed by atoms with Crippen LogP contribution < -0.4 is 10.6 Å². The number of amides is 3. The van der Waals surface area contributed by atoms with Gasteiger partial charge in [-0.1, -0.05) is 6.07 Å². The third-order valence-corrected chi connectivity index (χ3v) is 7.99. The van der Waals surface area contributed by atoms with Crippen LogP contribution >= 0.6 is 23.1 Å². The zero-order chi connectivity index (χ0) is 27.4. The molecular formula is C27H33N3O6S2. The van der Waals surface area contributed by atoms with Gasteiger partial charge in [0, 0.05) is 27.9 Å². The number of benzene rings is 1. The van der Waals surface area contributed by atoms with E-state index in [0.29, 0.717) is 35.8 Å². The number of carbonyl (C=O) groups is 4. The van der Waals surface area contributed by atoms with Gasteiger partial charge in [-0.25, -0.2) is 9.59 Å². The summed E-state index contributed by atoms with van der Waals surface area (Å²) < 4.78 is 10.8. The first kappa shape index (κ1) is 28.0. The van der Waals surface area contributed by atoms with E-state index in [9.17, 15) is 19.2 Å². The number of fused-ring (bicyclic) bond motifs is 1. The predicted octanol–water partition coefficient (Wildman–Crippen LogP) is 5.30. The van der Waals surface area contributed by atoms with E-state index in [4.69, 9.17) is 9.47 Å². The largest absolute Gasteiger partial charge is 0.462 e. The van der Waals surface area contributed by atoms with E-state index < -0.39 is 17.7 Å². The van der Waals surface area contributed by atoms with Gasteiger partial charge < -0.3 is 25.0 Å². The summed E-state index contributed by atoms with van der Waals surface area (Å²) in [5.74, 6) is -0.496. The van der Waals surface area contributed by atoms with Crippen LogP contribution in [0.5, 0.6) is 0 Å². The Morgan fingerprint density at radius 2 is 1.92 bits per heavy atom. The second-order valence-electron chi connectivity index (χ2n) is 10.2. The Kier molecular flexibility index (Phi) is 8.67. The van der Waals surface area contributed by atoms with Crippen molar-refractivity contribution in [3.05, 3.63) is 40.3 Å². The van der Waals surface area contributed by atoms with Gasteiger partial charge in [0.05, 0.1) is 24.5 Å². The predicted molar refractivity (Wildman–Crippen MR) is 148 cm³/mol. The molecule has 1 aromatic heterocycles. The smallest absolute Gasteiger partial charge is 0.410 e. The molecule has 2 aliphatic rings. The number of ether oxygens (including phenoxy) is 2. The average Bonchev–Trinajstić information content (AvgIpc) is 3.63. The van der Waals surface area contributed by atoms with Crippen molar-refractivity contribution in [1.29, 1.82) is 0 Å². The summed E-state index contributed by atoms with van der Waals surface area (Å²) in [6, 6.07) is 7.39. The van der Waals surface area contributed by atoms with Crippen molar-refractivity contribution in [3.63, 3.8) is 0 Å². The van der Waals surface area contributed by atoms with Gasteiger partial charge in [0.1, 0.15) is 10.6 Å². The standard InChI is InChI=1S/C27H33N3O6S2/c1-5-35-25(33)22-19-11-12-30(26(34)36-27(2,3)4)14-20(19)38-24(22)29-21(31)15-37-18-8-6-7-17(13-18)28-23(32)16-9-10-16/h6-8,13,16H,5,9-12,14-15H2,1-4H3,(H,28,32)(H,29,31). The molecule has 9 nitrogen and oxygen atoms in total.